The van der Waals surface area contributed by atoms with Gasteiger partial charge in [0.2, 0.25) is 0 Å². The number of carbonyl (C=O) groups is 1. The van der Waals surface area contributed by atoms with E-state index in [0.717, 1.165) is 17.7 Å². The zero-order valence-corrected chi connectivity index (χ0v) is 17.9. The average molecular weight is 446 g/mol. The summed E-state index contributed by atoms with van der Waals surface area (Å²) >= 11 is 0. The van der Waals surface area contributed by atoms with Crippen molar-refractivity contribution in [1.29, 1.82) is 0 Å². The van der Waals surface area contributed by atoms with Gasteiger partial charge < -0.3 is 28.9 Å². The average Bonchev–Trinajstić information content (AvgIpc) is 3.62. The van der Waals surface area contributed by atoms with Crippen LogP contribution < -0.4 is 15.4 Å². The predicted octanol–water partition coefficient (Wildman–Crippen LogP) is 4.27. The van der Waals surface area contributed by atoms with Crippen molar-refractivity contribution in [2.75, 3.05) is 25.6 Å². The van der Waals surface area contributed by atoms with E-state index in [2.05, 4.69) is 20.6 Å². The van der Waals surface area contributed by atoms with Gasteiger partial charge in [-0.05, 0) is 24.6 Å². The minimum absolute atomic E-state index is 0.0208. The molecule has 1 unspecified atom stereocenters. The maximum atomic E-state index is 12.8. The quantitative estimate of drug-likeness (QED) is 0.433. The van der Waals surface area contributed by atoms with Gasteiger partial charge >= 0.3 is 0 Å². The van der Waals surface area contributed by atoms with Crippen molar-refractivity contribution in [2.45, 2.75) is 12.5 Å². The fraction of sp³-hybridized carbons (Fsp3) is 0.208. The first-order valence-electron chi connectivity index (χ1n) is 10.5. The minimum atomic E-state index is -0.167. The molecule has 1 aliphatic heterocycles. The van der Waals surface area contributed by atoms with Crippen molar-refractivity contribution in [3.8, 4) is 28.4 Å². The van der Waals surface area contributed by atoms with Gasteiger partial charge in [0.15, 0.2) is 17.9 Å². The highest BCUT2D eigenvalue weighted by Crippen LogP contribution is 2.34. The summed E-state index contributed by atoms with van der Waals surface area (Å²) in [7, 11) is 1.59. The van der Waals surface area contributed by atoms with E-state index in [9.17, 15) is 4.79 Å². The van der Waals surface area contributed by atoms with Crippen LogP contribution in [0.15, 0.2) is 70.1 Å². The first-order chi connectivity index (χ1) is 16.2. The van der Waals surface area contributed by atoms with Crippen LogP contribution in [0, 0.1) is 0 Å². The van der Waals surface area contributed by atoms with Crippen molar-refractivity contribution in [2.24, 2.45) is 0 Å². The van der Waals surface area contributed by atoms with Gasteiger partial charge in [-0.25, -0.2) is 9.97 Å². The first-order valence-corrected chi connectivity index (χ1v) is 10.5. The van der Waals surface area contributed by atoms with E-state index < -0.39 is 0 Å². The summed E-state index contributed by atoms with van der Waals surface area (Å²) in [5, 5.41) is 6.14. The molecule has 0 bridgehead atoms. The number of anilines is 2. The Morgan fingerprint density at radius 2 is 2.03 bits per heavy atom. The molecule has 168 valence electrons. The Kier molecular flexibility index (Phi) is 5.77. The van der Waals surface area contributed by atoms with Crippen LogP contribution in [0.25, 0.3) is 22.6 Å². The Labute approximate surface area is 189 Å². The van der Waals surface area contributed by atoms with Gasteiger partial charge in [-0.3, -0.25) is 4.79 Å². The number of ether oxygens (including phenoxy) is 2. The summed E-state index contributed by atoms with van der Waals surface area (Å²) in [5.41, 5.74) is 2.68. The zero-order valence-electron chi connectivity index (χ0n) is 17.9. The van der Waals surface area contributed by atoms with Gasteiger partial charge in [0, 0.05) is 23.9 Å². The molecule has 9 nitrogen and oxygen atoms in total. The minimum Gasteiger partial charge on any atom is -0.496 e. The summed E-state index contributed by atoms with van der Waals surface area (Å²) in [6, 6.07) is 13.1. The summed E-state index contributed by atoms with van der Waals surface area (Å²) < 4.78 is 22.1. The topological polar surface area (TPSA) is 112 Å². The van der Waals surface area contributed by atoms with Crippen LogP contribution in [0.2, 0.25) is 0 Å². The lowest BCUT2D eigenvalue weighted by atomic mass is 10.0. The smallest absolute Gasteiger partial charge is 0.299 e. The normalized spacial score (nSPS) is 15.4. The maximum absolute atomic E-state index is 12.8. The molecule has 5 rings (SSSR count). The van der Waals surface area contributed by atoms with E-state index in [1.165, 1.54) is 6.39 Å². The first kappa shape index (κ1) is 20.8. The number of carbonyl (C=O) groups excluding carboxylic acids is 1. The number of hydrogen-bond acceptors (Lipinski definition) is 8. The SMILES string of the molecule is COc1cc(Nc2ncc(-c3ccccc3C(=O)NC3CCOC3)o2)ccc1-c1cnco1. The highest BCUT2D eigenvalue weighted by Gasteiger charge is 2.21. The molecule has 2 N–H and O–H groups in total. The molecule has 1 aliphatic rings. The van der Waals surface area contributed by atoms with Crippen LogP contribution >= 0.6 is 0 Å². The largest absolute Gasteiger partial charge is 0.496 e. The zero-order chi connectivity index (χ0) is 22.6. The van der Waals surface area contributed by atoms with E-state index >= 15 is 0 Å². The van der Waals surface area contributed by atoms with E-state index in [4.69, 9.17) is 18.3 Å². The van der Waals surface area contributed by atoms with Crippen LogP contribution in [-0.2, 0) is 4.74 Å². The van der Waals surface area contributed by atoms with Crippen molar-refractivity contribution in [1.82, 2.24) is 15.3 Å². The third kappa shape index (κ3) is 4.44. The van der Waals surface area contributed by atoms with Gasteiger partial charge in [-0.2, -0.15) is 0 Å². The lowest BCUT2D eigenvalue weighted by molar-refractivity contribution is 0.0930. The van der Waals surface area contributed by atoms with Crippen LogP contribution in [-0.4, -0.2) is 42.2 Å². The summed E-state index contributed by atoms with van der Waals surface area (Å²) in [5.74, 6) is 1.54. The summed E-state index contributed by atoms with van der Waals surface area (Å²) in [6.45, 7) is 1.19. The Morgan fingerprint density at radius 1 is 1.12 bits per heavy atom. The Bertz CT molecular complexity index is 1250. The molecule has 3 heterocycles. The molecule has 1 fully saturated rings. The van der Waals surface area contributed by atoms with E-state index in [1.54, 1.807) is 25.6 Å². The van der Waals surface area contributed by atoms with Crippen molar-refractivity contribution in [3.63, 3.8) is 0 Å². The number of oxazole rings is 2. The monoisotopic (exact) mass is 446 g/mol. The second kappa shape index (κ2) is 9.17. The molecule has 2 aromatic carbocycles. The number of nitrogens with zero attached hydrogens (tertiary/aromatic N) is 2. The maximum Gasteiger partial charge on any atom is 0.299 e. The van der Waals surface area contributed by atoms with E-state index in [-0.39, 0.29) is 11.9 Å². The van der Waals surface area contributed by atoms with Crippen molar-refractivity contribution >= 4 is 17.6 Å². The molecular formula is C24H22N4O5. The second-order valence-electron chi connectivity index (χ2n) is 7.51. The molecule has 0 radical (unpaired) electrons. The van der Waals surface area contributed by atoms with E-state index in [0.29, 0.717) is 47.6 Å². The van der Waals surface area contributed by atoms with Crippen LogP contribution in [0.5, 0.6) is 5.75 Å². The Balaban J connectivity index is 1.35. The number of rotatable bonds is 7. The lowest BCUT2D eigenvalue weighted by Gasteiger charge is -2.12. The molecule has 1 atom stereocenters. The molecule has 0 saturated carbocycles. The van der Waals surface area contributed by atoms with E-state index in [1.807, 2.05) is 36.4 Å². The summed E-state index contributed by atoms with van der Waals surface area (Å²) in [4.78, 5) is 21.1. The Hall–Kier alpha value is -4.11. The van der Waals surface area contributed by atoms with Gasteiger partial charge in [0.1, 0.15) is 5.75 Å². The standard InChI is InChI=1S/C24H22N4O5/c1-30-20-10-15(6-7-19(20)21-11-25-14-32-21)28-24-26-12-22(33-24)17-4-2-3-5-18(17)23(29)27-16-8-9-31-13-16/h2-7,10-12,14,16H,8-9,13H2,1H3,(H,26,28)(H,27,29). The molecule has 4 aromatic rings. The van der Waals surface area contributed by atoms with Crippen LogP contribution in [0.3, 0.4) is 0 Å². The summed E-state index contributed by atoms with van der Waals surface area (Å²) in [6.07, 6.45) is 5.39. The van der Waals surface area contributed by atoms with Gasteiger partial charge in [0.25, 0.3) is 11.9 Å². The fourth-order valence-corrected chi connectivity index (χ4v) is 3.71. The third-order valence-electron chi connectivity index (χ3n) is 5.36. The third-order valence-corrected chi connectivity index (χ3v) is 5.36. The van der Waals surface area contributed by atoms with Crippen molar-refractivity contribution < 1.29 is 23.1 Å². The van der Waals surface area contributed by atoms with Crippen LogP contribution in [0.1, 0.15) is 16.8 Å². The number of benzene rings is 2. The highest BCUT2D eigenvalue weighted by molar-refractivity contribution is 6.00. The number of nitrogens with one attached hydrogen (secondary N) is 2. The van der Waals surface area contributed by atoms with Gasteiger partial charge in [-0.1, -0.05) is 18.2 Å². The lowest BCUT2D eigenvalue weighted by Crippen LogP contribution is -2.35. The van der Waals surface area contributed by atoms with Gasteiger partial charge in [-0.15, -0.1) is 0 Å². The highest BCUT2D eigenvalue weighted by atomic mass is 16.5. The van der Waals surface area contributed by atoms with Crippen molar-refractivity contribution in [3.05, 3.63) is 66.8 Å². The molecule has 1 amide bonds. The second-order valence-corrected chi connectivity index (χ2v) is 7.51. The Morgan fingerprint density at radius 3 is 2.82 bits per heavy atom. The predicted molar refractivity (Wildman–Crippen MR) is 120 cm³/mol. The number of aromatic nitrogens is 2. The fourth-order valence-electron chi connectivity index (χ4n) is 3.71. The molecule has 33 heavy (non-hydrogen) atoms. The molecule has 2 aromatic heterocycles. The molecule has 0 spiro atoms. The molecule has 0 aliphatic carbocycles. The number of hydrogen-bond donors (Lipinski definition) is 2. The molecule has 1 saturated heterocycles. The molecular weight excluding hydrogens is 424 g/mol. The molecule has 9 heteroatoms. The number of methoxy groups -OCH3 is 1. The van der Waals surface area contributed by atoms with Gasteiger partial charge in [0.05, 0.1) is 43.3 Å². The number of amides is 1. The van der Waals surface area contributed by atoms with Crippen LogP contribution in [0.4, 0.5) is 11.7 Å².